The number of ketones is 1. The predicted molar refractivity (Wildman–Crippen MR) is 100 cm³/mol. The number of carbonyl (C=O) groups excluding carboxylic acids is 2. The second-order valence-corrected chi connectivity index (χ2v) is 8.30. The van der Waals surface area contributed by atoms with Crippen LogP contribution in [0.3, 0.4) is 0 Å². The number of Topliss-reactive ketones (excluding diaryl/α,β-unsaturated/α-hetero) is 1. The first-order valence-corrected chi connectivity index (χ1v) is 10.3. The summed E-state index contributed by atoms with van der Waals surface area (Å²) in [6, 6.07) is 14.3. The van der Waals surface area contributed by atoms with Gasteiger partial charge in [0.25, 0.3) is 0 Å². The van der Waals surface area contributed by atoms with Gasteiger partial charge in [0.15, 0.2) is 12.4 Å². The number of hydrogen-bond donors (Lipinski definition) is 0. The Balaban J connectivity index is 1.69. The minimum atomic E-state index is -3.63. The van der Waals surface area contributed by atoms with Crippen LogP contribution < -0.4 is 0 Å². The van der Waals surface area contributed by atoms with Crippen molar-refractivity contribution in [3.05, 3.63) is 65.7 Å². The number of carbonyl (C=O) groups is 2. The van der Waals surface area contributed by atoms with Crippen LogP contribution in [0, 0.1) is 0 Å². The van der Waals surface area contributed by atoms with Crippen LogP contribution in [0.15, 0.2) is 59.5 Å². The van der Waals surface area contributed by atoms with Gasteiger partial charge in [0.05, 0.1) is 10.5 Å². The topological polar surface area (TPSA) is 80.8 Å². The standard InChI is InChI=1S/C20H21NO5S/c22-19(16-8-3-1-4-9-16)15-26-20(23)17-10-7-11-18(14-17)27(24,25)21-12-5-2-6-13-21/h1,3-4,7-11,14H,2,5-6,12-13,15H2. The van der Waals surface area contributed by atoms with Crippen molar-refractivity contribution in [3.8, 4) is 0 Å². The van der Waals surface area contributed by atoms with E-state index in [1.165, 1.54) is 28.6 Å². The molecule has 1 fully saturated rings. The zero-order valence-corrected chi connectivity index (χ0v) is 15.7. The molecule has 0 unspecified atom stereocenters. The zero-order chi connectivity index (χ0) is 19.3. The second kappa shape index (κ2) is 8.45. The molecule has 142 valence electrons. The summed E-state index contributed by atoms with van der Waals surface area (Å²) < 4.78 is 32.0. The van der Waals surface area contributed by atoms with Gasteiger partial charge in [-0.2, -0.15) is 4.31 Å². The lowest BCUT2D eigenvalue weighted by molar-refractivity contribution is 0.0474. The van der Waals surface area contributed by atoms with E-state index in [0.29, 0.717) is 18.7 Å². The molecule has 2 aromatic carbocycles. The average Bonchev–Trinajstić information content (AvgIpc) is 2.73. The maximum Gasteiger partial charge on any atom is 0.338 e. The molecule has 0 aliphatic carbocycles. The van der Waals surface area contributed by atoms with Crippen LogP contribution in [0.5, 0.6) is 0 Å². The van der Waals surface area contributed by atoms with Gasteiger partial charge in [0.2, 0.25) is 10.0 Å². The average molecular weight is 387 g/mol. The minimum absolute atomic E-state index is 0.0632. The number of piperidine rings is 1. The molecule has 1 heterocycles. The van der Waals surface area contributed by atoms with Crippen LogP contribution in [0.4, 0.5) is 0 Å². The molecule has 0 atom stereocenters. The van der Waals surface area contributed by atoms with Gasteiger partial charge in [-0.1, -0.05) is 42.8 Å². The van der Waals surface area contributed by atoms with E-state index in [9.17, 15) is 18.0 Å². The molecule has 0 saturated carbocycles. The third-order valence-corrected chi connectivity index (χ3v) is 6.35. The van der Waals surface area contributed by atoms with Crippen molar-refractivity contribution < 1.29 is 22.7 Å². The van der Waals surface area contributed by atoms with E-state index in [0.717, 1.165) is 19.3 Å². The molecule has 2 aromatic rings. The molecule has 0 spiro atoms. The Morgan fingerprint density at radius 2 is 1.56 bits per heavy atom. The Morgan fingerprint density at radius 3 is 2.26 bits per heavy atom. The molecule has 0 N–H and O–H groups in total. The summed E-state index contributed by atoms with van der Waals surface area (Å²) in [7, 11) is -3.63. The number of nitrogens with zero attached hydrogens (tertiary/aromatic N) is 1. The lowest BCUT2D eigenvalue weighted by Crippen LogP contribution is -2.35. The van der Waals surface area contributed by atoms with E-state index in [2.05, 4.69) is 0 Å². The predicted octanol–water partition coefficient (Wildman–Crippen LogP) is 2.90. The molecule has 27 heavy (non-hydrogen) atoms. The molecule has 1 saturated heterocycles. The minimum Gasteiger partial charge on any atom is -0.454 e. The number of sulfonamides is 1. The third kappa shape index (κ3) is 4.61. The van der Waals surface area contributed by atoms with Gasteiger partial charge < -0.3 is 4.74 Å². The summed E-state index contributed by atoms with van der Waals surface area (Å²) in [4.78, 5) is 24.3. The van der Waals surface area contributed by atoms with Gasteiger partial charge in [-0.15, -0.1) is 0 Å². The van der Waals surface area contributed by atoms with Crippen LogP contribution in [0.25, 0.3) is 0 Å². The third-order valence-electron chi connectivity index (χ3n) is 4.45. The van der Waals surface area contributed by atoms with Crippen molar-refractivity contribution in [1.82, 2.24) is 4.31 Å². The Bertz CT molecular complexity index is 918. The molecule has 7 heteroatoms. The van der Waals surface area contributed by atoms with Gasteiger partial charge in [-0.3, -0.25) is 4.79 Å². The molecule has 1 aliphatic heterocycles. The van der Waals surface area contributed by atoms with Crippen molar-refractivity contribution >= 4 is 21.8 Å². The summed E-state index contributed by atoms with van der Waals surface area (Å²) in [6.45, 7) is 0.580. The molecule has 6 nitrogen and oxygen atoms in total. The summed E-state index contributed by atoms with van der Waals surface area (Å²) in [5, 5.41) is 0. The number of ether oxygens (including phenoxy) is 1. The van der Waals surface area contributed by atoms with E-state index in [1.54, 1.807) is 30.3 Å². The van der Waals surface area contributed by atoms with Gasteiger partial charge in [0, 0.05) is 18.7 Å². The zero-order valence-electron chi connectivity index (χ0n) is 14.8. The van der Waals surface area contributed by atoms with E-state index >= 15 is 0 Å². The first kappa shape index (κ1) is 19.3. The number of hydrogen-bond acceptors (Lipinski definition) is 5. The molecule has 3 rings (SSSR count). The van der Waals surface area contributed by atoms with Crippen LogP contribution in [-0.4, -0.2) is 44.2 Å². The monoisotopic (exact) mass is 387 g/mol. The van der Waals surface area contributed by atoms with Crippen molar-refractivity contribution in [1.29, 1.82) is 0 Å². The Hall–Kier alpha value is -2.51. The normalized spacial score (nSPS) is 15.3. The largest absolute Gasteiger partial charge is 0.454 e. The van der Waals surface area contributed by atoms with Gasteiger partial charge in [-0.25, -0.2) is 13.2 Å². The van der Waals surface area contributed by atoms with E-state index < -0.39 is 22.6 Å². The smallest absolute Gasteiger partial charge is 0.338 e. The first-order chi connectivity index (χ1) is 13.0. The Labute approximate surface area is 158 Å². The molecule has 0 radical (unpaired) electrons. The lowest BCUT2D eigenvalue weighted by atomic mass is 10.1. The van der Waals surface area contributed by atoms with Crippen LogP contribution in [-0.2, 0) is 14.8 Å². The fourth-order valence-corrected chi connectivity index (χ4v) is 4.52. The summed E-state index contributed by atoms with van der Waals surface area (Å²) in [5.41, 5.74) is 0.556. The van der Waals surface area contributed by atoms with Crippen molar-refractivity contribution in [3.63, 3.8) is 0 Å². The van der Waals surface area contributed by atoms with Crippen LogP contribution in [0.1, 0.15) is 40.0 Å². The SMILES string of the molecule is O=C(COC(=O)c1cccc(S(=O)(=O)N2CCCCC2)c1)c1ccccc1. The highest BCUT2D eigenvalue weighted by molar-refractivity contribution is 7.89. The Kier molecular flexibility index (Phi) is 6.03. The molecular weight excluding hydrogens is 366 g/mol. The van der Waals surface area contributed by atoms with Crippen molar-refractivity contribution in [2.45, 2.75) is 24.2 Å². The molecule has 0 amide bonds. The van der Waals surface area contributed by atoms with Crippen LogP contribution in [0.2, 0.25) is 0 Å². The summed E-state index contributed by atoms with van der Waals surface area (Å²) in [6.07, 6.45) is 2.69. The van der Waals surface area contributed by atoms with Gasteiger partial charge >= 0.3 is 5.97 Å². The summed E-state index contributed by atoms with van der Waals surface area (Å²) in [5.74, 6) is -1.05. The maximum atomic E-state index is 12.7. The molecule has 0 bridgehead atoms. The van der Waals surface area contributed by atoms with E-state index in [1.807, 2.05) is 0 Å². The van der Waals surface area contributed by atoms with E-state index in [4.69, 9.17) is 4.74 Å². The second-order valence-electron chi connectivity index (χ2n) is 6.36. The maximum absolute atomic E-state index is 12.7. The Morgan fingerprint density at radius 1 is 0.889 bits per heavy atom. The number of rotatable bonds is 6. The van der Waals surface area contributed by atoms with Crippen molar-refractivity contribution in [2.75, 3.05) is 19.7 Å². The summed E-state index contributed by atoms with van der Waals surface area (Å²) >= 11 is 0. The van der Waals surface area contributed by atoms with E-state index in [-0.39, 0.29) is 16.2 Å². The first-order valence-electron chi connectivity index (χ1n) is 8.84. The highest BCUT2D eigenvalue weighted by Crippen LogP contribution is 2.21. The number of benzene rings is 2. The fourth-order valence-electron chi connectivity index (χ4n) is 2.96. The molecule has 1 aliphatic rings. The van der Waals surface area contributed by atoms with Gasteiger partial charge in [0.1, 0.15) is 0 Å². The molecule has 0 aromatic heterocycles. The quantitative estimate of drug-likeness (QED) is 0.562. The number of esters is 1. The van der Waals surface area contributed by atoms with Crippen LogP contribution >= 0.6 is 0 Å². The van der Waals surface area contributed by atoms with Crippen molar-refractivity contribution in [2.24, 2.45) is 0 Å². The molecular formula is C20H21NO5S. The highest BCUT2D eigenvalue weighted by atomic mass is 32.2. The highest BCUT2D eigenvalue weighted by Gasteiger charge is 2.26. The fraction of sp³-hybridized carbons (Fsp3) is 0.300. The lowest BCUT2D eigenvalue weighted by Gasteiger charge is -2.25. The van der Waals surface area contributed by atoms with Gasteiger partial charge in [-0.05, 0) is 31.0 Å².